The molecule has 2 aromatic heterocycles. The zero-order valence-electron chi connectivity index (χ0n) is 13.2. The van der Waals surface area contributed by atoms with E-state index >= 15 is 0 Å². The number of nitrogens with one attached hydrogen (secondary N) is 2. The van der Waals surface area contributed by atoms with E-state index in [4.69, 9.17) is 8.94 Å². The van der Waals surface area contributed by atoms with Gasteiger partial charge in [0.05, 0.1) is 16.8 Å². The molecular weight excluding hydrogens is 298 g/mol. The van der Waals surface area contributed by atoms with Crippen LogP contribution in [0.1, 0.15) is 56.8 Å². The van der Waals surface area contributed by atoms with Crippen molar-refractivity contribution in [3.05, 3.63) is 40.2 Å². The number of aromatic nitrogens is 1. The van der Waals surface area contributed by atoms with Crippen LogP contribution in [0.15, 0.2) is 15.2 Å². The molecule has 1 aliphatic heterocycles. The number of amides is 2. The first-order valence-corrected chi connectivity index (χ1v) is 7.72. The highest BCUT2D eigenvalue weighted by molar-refractivity contribution is 6.07. The van der Waals surface area contributed by atoms with Crippen LogP contribution in [0.4, 0.5) is 0 Å². The summed E-state index contributed by atoms with van der Waals surface area (Å²) >= 11 is 0. The highest BCUT2D eigenvalue weighted by Gasteiger charge is 2.26. The molecule has 7 heteroatoms. The summed E-state index contributed by atoms with van der Waals surface area (Å²) in [6, 6.07) is 0. The predicted molar refractivity (Wildman–Crippen MR) is 81.2 cm³/mol. The average molecular weight is 317 g/mol. The lowest BCUT2D eigenvalue weighted by Gasteiger charge is -2.06. The first-order chi connectivity index (χ1) is 11.1. The Morgan fingerprint density at radius 3 is 3.09 bits per heavy atom. The molecule has 0 saturated carbocycles. The molecule has 0 fully saturated rings. The highest BCUT2D eigenvalue weighted by Crippen LogP contribution is 2.21. The van der Waals surface area contributed by atoms with Crippen LogP contribution in [0.2, 0.25) is 0 Å². The monoisotopic (exact) mass is 317 g/mol. The molecule has 0 unspecified atom stereocenters. The second kappa shape index (κ2) is 6.28. The number of aryl methyl sites for hydroxylation is 3. The maximum Gasteiger partial charge on any atom is 0.255 e. The number of rotatable bonds is 4. The molecule has 0 atom stereocenters. The quantitative estimate of drug-likeness (QED) is 0.895. The number of fused-ring (bicyclic) bond motifs is 1. The second-order valence-electron chi connectivity index (χ2n) is 5.51. The summed E-state index contributed by atoms with van der Waals surface area (Å²) in [6.45, 7) is 4.69. The summed E-state index contributed by atoms with van der Waals surface area (Å²) in [5.41, 5.74) is 2.25. The maximum atomic E-state index is 12.4. The molecule has 0 aromatic carbocycles. The molecule has 0 spiro atoms. The van der Waals surface area contributed by atoms with Crippen molar-refractivity contribution in [3.63, 3.8) is 0 Å². The van der Waals surface area contributed by atoms with Crippen molar-refractivity contribution in [3.8, 4) is 0 Å². The van der Waals surface area contributed by atoms with E-state index in [1.165, 1.54) is 6.26 Å². The average Bonchev–Trinajstić information content (AvgIpc) is 3.07. The predicted octanol–water partition coefficient (Wildman–Crippen LogP) is 1.74. The maximum absolute atomic E-state index is 12.4. The van der Waals surface area contributed by atoms with E-state index < -0.39 is 0 Å². The van der Waals surface area contributed by atoms with E-state index in [-0.39, 0.29) is 17.4 Å². The number of hydrogen-bond donors (Lipinski definition) is 2. The van der Waals surface area contributed by atoms with Gasteiger partial charge < -0.3 is 19.6 Å². The Labute approximate surface area is 133 Å². The van der Waals surface area contributed by atoms with Gasteiger partial charge in [-0.05, 0) is 13.3 Å². The SMILES string of the molecule is CCc1onc(C)c1CNC(=O)c1coc2c1C(=O)NCCC2. The van der Waals surface area contributed by atoms with Crippen molar-refractivity contribution in [2.45, 2.75) is 39.7 Å². The molecule has 0 aliphatic carbocycles. The highest BCUT2D eigenvalue weighted by atomic mass is 16.5. The third kappa shape index (κ3) is 2.86. The Kier molecular flexibility index (Phi) is 4.18. The summed E-state index contributed by atoms with van der Waals surface area (Å²) in [4.78, 5) is 24.5. The zero-order chi connectivity index (χ0) is 16.4. The number of furan rings is 1. The molecule has 2 amide bonds. The lowest BCUT2D eigenvalue weighted by atomic mass is 10.1. The van der Waals surface area contributed by atoms with Crippen LogP contribution in [-0.2, 0) is 19.4 Å². The first-order valence-electron chi connectivity index (χ1n) is 7.72. The fourth-order valence-corrected chi connectivity index (χ4v) is 2.74. The van der Waals surface area contributed by atoms with E-state index in [9.17, 15) is 9.59 Å². The Hall–Kier alpha value is -2.57. The van der Waals surface area contributed by atoms with E-state index in [1.807, 2.05) is 13.8 Å². The zero-order valence-corrected chi connectivity index (χ0v) is 13.2. The molecule has 1 aliphatic rings. The van der Waals surface area contributed by atoms with Gasteiger partial charge >= 0.3 is 0 Å². The van der Waals surface area contributed by atoms with Crippen molar-refractivity contribution in [2.75, 3.05) is 6.54 Å². The molecule has 2 N–H and O–H groups in total. The minimum absolute atomic E-state index is 0.258. The van der Waals surface area contributed by atoms with E-state index in [0.717, 1.165) is 23.4 Å². The van der Waals surface area contributed by atoms with E-state index in [1.54, 1.807) is 0 Å². The topological polar surface area (TPSA) is 97.4 Å². The molecule has 23 heavy (non-hydrogen) atoms. The molecule has 3 rings (SSSR count). The Morgan fingerprint density at radius 2 is 2.30 bits per heavy atom. The molecule has 0 bridgehead atoms. The third-order valence-corrected chi connectivity index (χ3v) is 4.02. The summed E-state index contributed by atoms with van der Waals surface area (Å²) < 4.78 is 10.6. The fourth-order valence-electron chi connectivity index (χ4n) is 2.74. The van der Waals surface area contributed by atoms with Gasteiger partial charge in [-0.15, -0.1) is 0 Å². The van der Waals surface area contributed by atoms with Crippen molar-refractivity contribution in [2.24, 2.45) is 0 Å². The van der Waals surface area contributed by atoms with E-state index in [2.05, 4.69) is 15.8 Å². The molecule has 3 heterocycles. The molecule has 2 aromatic rings. The Balaban J connectivity index is 1.78. The molecule has 7 nitrogen and oxygen atoms in total. The second-order valence-corrected chi connectivity index (χ2v) is 5.51. The number of hydrogen-bond acceptors (Lipinski definition) is 5. The standard InChI is InChI=1S/C16H19N3O4/c1-3-12-10(9(2)19-23-12)7-18-15(20)11-8-22-13-5-4-6-17-16(21)14(11)13/h8H,3-7H2,1-2H3,(H,17,21)(H,18,20). The first kappa shape index (κ1) is 15.3. The van der Waals surface area contributed by atoms with Crippen LogP contribution >= 0.6 is 0 Å². The molecular formula is C16H19N3O4. The van der Waals surface area contributed by atoms with Gasteiger partial charge in [-0.2, -0.15) is 0 Å². The minimum Gasteiger partial charge on any atom is -0.468 e. The van der Waals surface area contributed by atoms with E-state index in [0.29, 0.717) is 37.3 Å². The van der Waals surface area contributed by atoms with Gasteiger partial charge in [-0.1, -0.05) is 12.1 Å². The largest absolute Gasteiger partial charge is 0.468 e. The van der Waals surface area contributed by atoms with Gasteiger partial charge in [-0.25, -0.2) is 0 Å². The van der Waals surface area contributed by atoms with Crippen molar-refractivity contribution in [1.29, 1.82) is 0 Å². The summed E-state index contributed by atoms with van der Waals surface area (Å²) in [7, 11) is 0. The van der Waals surface area contributed by atoms with Gasteiger partial charge in [0.1, 0.15) is 17.8 Å². The minimum atomic E-state index is -0.338. The van der Waals surface area contributed by atoms with Crippen molar-refractivity contribution < 1.29 is 18.5 Å². The Bertz CT molecular complexity index is 745. The third-order valence-electron chi connectivity index (χ3n) is 4.02. The molecule has 0 saturated heterocycles. The van der Waals surface area contributed by atoms with Crippen LogP contribution in [0.5, 0.6) is 0 Å². The van der Waals surface area contributed by atoms with Crippen LogP contribution in [-0.4, -0.2) is 23.5 Å². The smallest absolute Gasteiger partial charge is 0.255 e. The summed E-state index contributed by atoms with van der Waals surface area (Å²) in [5, 5.41) is 9.50. The van der Waals surface area contributed by atoms with Crippen molar-refractivity contribution in [1.82, 2.24) is 15.8 Å². The Morgan fingerprint density at radius 1 is 1.48 bits per heavy atom. The van der Waals surface area contributed by atoms with Crippen LogP contribution in [0.3, 0.4) is 0 Å². The van der Waals surface area contributed by atoms with Crippen LogP contribution < -0.4 is 10.6 Å². The van der Waals surface area contributed by atoms with Crippen LogP contribution in [0, 0.1) is 6.92 Å². The van der Waals surface area contributed by atoms with Gasteiger partial charge in [0.2, 0.25) is 0 Å². The number of nitrogens with zero attached hydrogens (tertiary/aromatic N) is 1. The lowest BCUT2D eigenvalue weighted by Crippen LogP contribution is -2.28. The normalized spacial score (nSPS) is 14.1. The van der Waals surface area contributed by atoms with Gasteiger partial charge in [0.15, 0.2) is 0 Å². The molecule has 122 valence electrons. The number of carbonyl (C=O) groups is 2. The number of carbonyl (C=O) groups excluding carboxylic acids is 2. The van der Waals surface area contributed by atoms with Gasteiger partial charge in [-0.3, -0.25) is 9.59 Å². The van der Waals surface area contributed by atoms with Crippen LogP contribution in [0.25, 0.3) is 0 Å². The van der Waals surface area contributed by atoms with Gasteiger partial charge in [0, 0.05) is 31.5 Å². The lowest BCUT2D eigenvalue weighted by molar-refractivity contribution is 0.0920. The summed E-state index contributed by atoms with van der Waals surface area (Å²) in [5.74, 6) is 0.730. The van der Waals surface area contributed by atoms with Gasteiger partial charge in [0.25, 0.3) is 11.8 Å². The molecule has 0 radical (unpaired) electrons. The fraction of sp³-hybridized carbons (Fsp3) is 0.438. The van der Waals surface area contributed by atoms with Crippen molar-refractivity contribution >= 4 is 11.8 Å². The summed E-state index contributed by atoms with van der Waals surface area (Å²) in [6.07, 6.45) is 3.50.